The first-order valence-corrected chi connectivity index (χ1v) is 15.3. The Morgan fingerprint density at radius 3 is 1.76 bits per heavy atom. The van der Waals surface area contributed by atoms with E-state index in [1.165, 1.54) is 0 Å². The molecule has 4 rings (SSSR count). The van der Waals surface area contributed by atoms with E-state index in [1.807, 2.05) is 37.3 Å². The second kappa shape index (κ2) is 10.5. The maximum absolute atomic E-state index is 13.7. The lowest BCUT2D eigenvalue weighted by atomic mass is 9.97. The predicted octanol–water partition coefficient (Wildman–Crippen LogP) is 5.45. The third-order valence-electron chi connectivity index (χ3n) is 7.89. The SMILES string of the molecule is CC(C)[Si](O[C@@H](C)[C@@H]1NC(=O)[C@H](N2C(=O)c3ccccc3C2=O)[C@H](c2ccccc2)O1)(C(C)C)C(C)C. The van der Waals surface area contributed by atoms with Crippen LogP contribution < -0.4 is 5.32 Å². The quantitative estimate of drug-likeness (QED) is 0.368. The van der Waals surface area contributed by atoms with Gasteiger partial charge in [-0.25, -0.2) is 0 Å². The van der Waals surface area contributed by atoms with Crippen molar-refractivity contribution in [3.8, 4) is 0 Å². The Hall–Kier alpha value is -2.81. The fourth-order valence-corrected chi connectivity index (χ4v) is 11.9. The summed E-state index contributed by atoms with van der Waals surface area (Å²) in [4.78, 5) is 41.4. The van der Waals surface area contributed by atoms with Gasteiger partial charge in [0.2, 0.25) is 14.2 Å². The van der Waals surface area contributed by atoms with Gasteiger partial charge in [-0.05, 0) is 41.2 Å². The zero-order valence-electron chi connectivity index (χ0n) is 22.7. The number of hydrogen-bond donors (Lipinski definition) is 1. The molecule has 2 aromatic carbocycles. The standard InChI is InChI=1S/C29H38N2O5Si/c1-17(2)37(18(3)4,19(5)6)36-20(7)27-30-26(32)24(25(35-27)21-13-9-8-10-14-21)31-28(33)22-15-11-12-16-23(22)29(31)34/h8-20,24-25,27H,1-7H3,(H,30,32)/t20-,24+,25-,27+/m0/s1. The van der Waals surface area contributed by atoms with Crippen LogP contribution in [0.4, 0.5) is 0 Å². The summed E-state index contributed by atoms with van der Waals surface area (Å²) in [5, 5.41) is 2.94. The highest BCUT2D eigenvalue weighted by atomic mass is 28.4. The molecule has 0 bridgehead atoms. The predicted molar refractivity (Wildman–Crippen MR) is 145 cm³/mol. The van der Waals surface area contributed by atoms with E-state index in [4.69, 9.17) is 9.16 Å². The highest BCUT2D eigenvalue weighted by Crippen LogP contribution is 2.44. The van der Waals surface area contributed by atoms with Gasteiger partial charge in [-0.2, -0.15) is 0 Å². The van der Waals surface area contributed by atoms with Crippen LogP contribution in [0.1, 0.15) is 80.8 Å². The Bertz CT molecular complexity index is 1110. The first-order chi connectivity index (χ1) is 17.5. The third kappa shape index (κ3) is 4.66. The molecule has 3 amide bonds. The summed E-state index contributed by atoms with van der Waals surface area (Å²) in [6.45, 7) is 15.2. The average Bonchev–Trinajstić information content (AvgIpc) is 3.11. The van der Waals surface area contributed by atoms with E-state index in [0.717, 1.165) is 10.5 Å². The van der Waals surface area contributed by atoms with Gasteiger partial charge in [0.05, 0.1) is 17.2 Å². The summed E-state index contributed by atoms with van der Waals surface area (Å²) in [5.41, 5.74) is 2.41. The summed E-state index contributed by atoms with van der Waals surface area (Å²) in [7, 11) is -2.26. The van der Waals surface area contributed by atoms with E-state index in [0.29, 0.717) is 27.8 Å². The van der Waals surface area contributed by atoms with Crippen LogP contribution >= 0.6 is 0 Å². The van der Waals surface area contributed by atoms with Crippen LogP contribution in [0.15, 0.2) is 54.6 Å². The third-order valence-corrected chi connectivity index (χ3v) is 14.1. The molecule has 198 valence electrons. The topological polar surface area (TPSA) is 84.9 Å². The molecule has 0 unspecified atom stereocenters. The molecule has 0 aromatic heterocycles. The Balaban J connectivity index is 1.68. The zero-order chi connectivity index (χ0) is 27.1. The van der Waals surface area contributed by atoms with Crippen molar-refractivity contribution in [2.75, 3.05) is 0 Å². The van der Waals surface area contributed by atoms with Gasteiger partial charge < -0.3 is 14.5 Å². The number of carbonyl (C=O) groups is 3. The van der Waals surface area contributed by atoms with E-state index in [9.17, 15) is 14.4 Å². The summed E-state index contributed by atoms with van der Waals surface area (Å²) in [6, 6.07) is 14.8. The van der Waals surface area contributed by atoms with Gasteiger partial charge in [-0.15, -0.1) is 0 Å². The summed E-state index contributed by atoms with van der Waals surface area (Å²) in [6.07, 6.45) is -1.98. The van der Waals surface area contributed by atoms with Crippen molar-refractivity contribution in [1.82, 2.24) is 10.2 Å². The van der Waals surface area contributed by atoms with Gasteiger partial charge >= 0.3 is 0 Å². The Labute approximate surface area is 220 Å². The summed E-state index contributed by atoms with van der Waals surface area (Å²) >= 11 is 0. The lowest BCUT2D eigenvalue weighted by Gasteiger charge is -2.47. The highest BCUT2D eigenvalue weighted by Gasteiger charge is 2.52. The summed E-state index contributed by atoms with van der Waals surface area (Å²) < 4.78 is 13.4. The monoisotopic (exact) mass is 522 g/mol. The van der Waals surface area contributed by atoms with Crippen LogP contribution in [0.2, 0.25) is 16.6 Å². The lowest BCUT2D eigenvalue weighted by Crippen LogP contribution is -2.63. The molecule has 1 fully saturated rings. The second-order valence-corrected chi connectivity index (χ2v) is 16.4. The molecule has 0 saturated carbocycles. The Morgan fingerprint density at radius 2 is 1.27 bits per heavy atom. The van der Waals surface area contributed by atoms with Crippen molar-refractivity contribution in [2.45, 2.75) is 89.6 Å². The van der Waals surface area contributed by atoms with Gasteiger partial charge in [-0.3, -0.25) is 19.3 Å². The lowest BCUT2D eigenvalue weighted by molar-refractivity contribution is -0.165. The van der Waals surface area contributed by atoms with Gasteiger partial charge in [0.15, 0.2) is 6.23 Å². The van der Waals surface area contributed by atoms with Crippen molar-refractivity contribution in [3.63, 3.8) is 0 Å². The minimum absolute atomic E-state index is 0.299. The summed E-state index contributed by atoms with van der Waals surface area (Å²) in [5.74, 6) is -1.40. The molecule has 2 heterocycles. The Morgan fingerprint density at radius 1 is 0.784 bits per heavy atom. The molecule has 2 aliphatic heterocycles. The van der Waals surface area contributed by atoms with Gasteiger partial charge in [0, 0.05) is 0 Å². The molecule has 7 nitrogen and oxygen atoms in total. The molecular formula is C29H38N2O5Si. The van der Waals surface area contributed by atoms with Crippen molar-refractivity contribution in [2.24, 2.45) is 0 Å². The van der Waals surface area contributed by atoms with Crippen LogP contribution in [-0.2, 0) is 14.0 Å². The van der Waals surface area contributed by atoms with Crippen molar-refractivity contribution < 1.29 is 23.5 Å². The number of hydrogen-bond acceptors (Lipinski definition) is 5. The molecule has 8 heteroatoms. The number of carbonyl (C=O) groups excluding carboxylic acids is 3. The molecule has 0 aliphatic carbocycles. The molecule has 1 saturated heterocycles. The number of nitrogens with zero attached hydrogens (tertiary/aromatic N) is 1. The first kappa shape index (κ1) is 27.2. The number of amides is 3. The molecular weight excluding hydrogens is 484 g/mol. The number of rotatable bonds is 8. The second-order valence-electron chi connectivity index (χ2n) is 11.0. The van der Waals surface area contributed by atoms with Crippen LogP contribution in [0.3, 0.4) is 0 Å². The number of imide groups is 1. The Kier molecular flexibility index (Phi) is 7.74. The maximum Gasteiger partial charge on any atom is 0.262 e. The number of benzene rings is 2. The van der Waals surface area contributed by atoms with Crippen molar-refractivity contribution in [3.05, 3.63) is 71.3 Å². The van der Waals surface area contributed by atoms with Crippen LogP contribution in [0, 0.1) is 0 Å². The molecule has 0 spiro atoms. The minimum atomic E-state index is -2.26. The highest BCUT2D eigenvalue weighted by molar-refractivity contribution is 6.77. The molecule has 1 N–H and O–H groups in total. The van der Waals surface area contributed by atoms with Gasteiger partial charge in [0.1, 0.15) is 12.1 Å². The van der Waals surface area contributed by atoms with E-state index in [1.54, 1.807) is 24.3 Å². The van der Waals surface area contributed by atoms with E-state index in [-0.39, 0.29) is 0 Å². The van der Waals surface area contributed by atoms with Crippen LogP contribution in [0.5, 0.6) is 0 Å². The number of ether oxygens (including phenoxy) is 1. The average molecular weight is 523 g/mol. The fourth-order valence-electron chi connectivity index (χ4n) is 6.27. The maximum atomic E-state index is 13.7. The van der Waals surface area contributed by atoms with E-state index >= 15 is 0 Å². The number of fused-ring (bicyclic) bond motifs is 1. The van der Waals surface area contributed by atoms with Gasteiger partial charge in [-0.1, -0.05) is 84.0 Å². The number of nitrogens with one attached hydrogen (secondary N) is 1. The van der Waals surface area contributed by atoms with E-state index in [2.05, 4.69) is 46.9 Å². The molecule has 4 atom stereocenters. The normalized spacial score (nSPS) is 23.1. The molecule has 2 aliphatic rings. The van der Waals surface area contributed by atoms with Crippen LogP contribution in [-0.4, -0.2) is 49.3 Å². The fraction of sp³-hybridized carbons (Fsp3) is 0.483. The first-order valence-electron chi connectivity index (χ1n) is 13.2. The van der Waals surface area contributed by atoms with Crippen LogP contribution in [0.25, 0.3) is 0 Å². The zero-order valence-corrected chi connectivity index (χ0v) is 23.7. The largest absolute Gasteiger partial charge is 0.409 e. The molecule has 2 aromatic rings. The van der Waals surface area contributed by atoms with Gasteiger partial charge in [0.25, 0.3) is 11.8 Å². The molecule has 0 radical (unpaired) electrons. The molecule has 37 heavy (non-hydrogen) atoms. The van der Waals surface area contributed by atoms with Crippen molar-refractivity contribution in [1.29, 1.82) is 0 Å². The minimum Gasteiger partial charge on any atom is -0.409 e. The van der Waals surface area contributed by atoms with E-state index < -0.39 is 50.5 Å². The smallest absolute Gasteiger partial charge is 0.262 e. The van der Waals surface area contributed by atoms with Crippen molar-refractivity contribution >= 4 is 26.0 Å².